The van der Waals surface area contributed by atoms with E-state index in [2.05, 4.69) is 25.9 Å². The first-order chi connectivity index (χ1) is 14.8. The first kappa shape index (κ1) is 27.0. The molecule has 0 fully saturated rings. The van der Waals surface area contributed by atoms with Crippen LogP contribution in [0.15, 0.2) is 12.5 Å². The van der Waals surface area contributed by atoms with E-state index in [9.17, 15) is 34.5 Å². The van der Waals surface area contributed by atoms with Gasteiger partial charge in [-0.2, -0.15) is 0 Å². The highest BCUT2D eigenvalue weighted by atomic mass is 16.4. The Balaban J connectivity index is 2.91. The lowest BCUT2D eigenvalue weighted by molar-refractivity contribution is -0.143. The van der Waals surface area contributed by atoms with Gasteiger partial charge in [-0.3, -0.25) is 14.4 Å². The van der Waals surface area contributed by atoms with Gasteiger partial charge in [0, 0.05) is 18.3 Å². The molecule has 0 radical (unpaired) electrons. The highest BCUT2D eigenvalue weighted by Gasteiger charge is 2.34. The zero-order chi connectivity index (χ0) is 24.6. The van der Waals surface area contributed by atoms with E-state index in [0.29, 0.717) is 5.69 Å². The second-order valence-corrected chi connectivity index (χ2v) is 7.90. The Labute approximate surface area is 185 Å². The van der Waals surface area contributed by atoms with E-state index < -0.39 is 60.1 Å². The number of imidazole rings is 1. The lowest BCUT2D eigenvalue weighted by Gasteiger charge is -2.28. The summed E-state index contributed by atoms with van der Waals surface area (Å²) in [4.78, 5) is 55.5. The van der Waals surface area contributed by atoms with Crippen molar-refractivity contribution in [2.75, 3.05) is 0 Å². The number of aliphatic carboxylic acids is 1. The third-order valence-corrected chi connectivity index (χ3v) is 4.74. The van der Waals surface area contributed by atoms with Crippen LogP contribution in [0.5, 0.6) is 0 Å². The second kappa shape index (κ2) is 12.1. The number of carbonyl (C=O) groups excluding carboxylic acids is 3. The third-order valence-electron chi connectivity index (χ3n) is 4.74. The van der Waals surface area contributed by atoms with Gasteiger partial charge in [-0.25, -0.2) is 9.78 Å². The molecule has 0 aromatic carbocycles. The van der Waals surface area contributed by atoms with Crippen LogP contribution in [-0.4, -0.2) is 85.4 Å². The van der Waals surface area contributed by atoms with Crippen LogP contribution in [0.25, 0.3) is 0 Å². The number of carboxylic acid groups (broad SMARTS) is 1. The standard InChI is InChI=1S/C19H32N6O7/c1-8(2)13(20)16(28)24-15(10(4)27)18(30)25-14(9(3)26)17(29)23-12(19(31)32)5-11-6-21-7-22-11/h6-10,12-15,26-27H,5,20H2,1-4H3,(H,21,22)(H,23,29)(H,24,28)(H,25,30)(H,31,32). The molecule has 0 aliphatic carbocycles. The maximum atomic E-state index is 12.7. The summed E-state index contributed by atoms with van der Waals surface area (Å²) in [7, 11) is 0. The smallest absolute Gasteiger partial charge is 0.326 e. The van der Waals surface area contributed by atoms with Gasteiger partial charge in [0.25, 0.3) is 0 Å². The molecule has 3 amide bonds. The van der Waals surface area contributed by atoms with Crippen molar-refractivity contribution in [3.63, 3.8) is 0 Å². The molecule has 32 heavy (non-hydrogen) atoms. The fraction of sp³-hybridized carbons (Fsp3) is 0.632. The molecule has 0 bridgehead atoms. The van der Waals surface area contributed by atoms with Crippen molar-refractivity contribution in [1.82, 2.24) is 25.9 Å². The Morgan fingerprint density at radius 1 is 0.969 bits per heavy atom. The van der Waals surface area contributed by atoms with Crippen LogP contribution >= 0.6 is 0 Å². The second-order valence-electron chi connectivity index (χ2n) is 7.90. The van der Waals surface area contributed by atoms with Crippen molar-refractivity contribution in [2.24, 2.45) is 11.7 Å². The lowest BCUT2D eigenvalue weighted by atomic mass is 10.0. The van der Waals surface area contributed by atoms with Crippen LogP contribution in [0.3, 0.4) is 0 Å². The number of nitrogens with one attached hydrogen (secondary N) is 4. The summed E-state index contributed by atoms with van der Waals surface area (Å²) in [6, 6.07) is -5.30. The molecule has 0 saturated carbocycles. The first-order valence-electron chi connectivity index (χ1n) is 10.1. The molecule has 1 aromatic heterocycles. The molecule has 6 unspecified atom stereocenters. The number of aliphatic hydroxyl groups excluding tert-OH is 2. The first-order valence-corrected chi connectivity index (χ1v) is 10.1. The Hall–Kier alpha value is -3.03. The number of aliphatic hydroxyl groups is 2. The SMILES string of the molecule is CC(C)C(N)C(=O)NC(C(=O)NC(C(=O)NC(Cc1cnc[nH]1)C(=O)O)C(C)O)C(C)O. The van der Waals surface area contributed by atoms with Gasteiger partial charge >= 0.3 is 5.97 Å². The van der Waals surface area contributed by atoms with Gasteiger partial charge in [0.15, 0.2) is 0 Å². The minimum absolute atomic E-state index is 0.110. The number of hydrogen-bond donors (Lipinski definition) is 8. The number of nitrogens with zero attached hydrogens (tertiary/aromatic N) is 1. The number of rotatable bonds is 12. The average molecular weight is 457 g/mol. The Bertz CT molecular complexity index is 781. The number of amides is 3. The molecule has 180 valence electrons. The molecular weight excluding hydrogens is 424 g/mol. The summed E-state index contributed by atoms with van der Waals surface area (Å²) in [5, 5.41) is 36.1. The molecule has 1 heterocycles. The normalized spacial score (nSPS) is 16.9. The molecule has 0 aliphatic rings. The van der Waals surface area contributed by atoms with Crippen LogP contribution < -0.4 is 21.7 Å². The third kappa shape index (κ3) is 7.90. The Kier molecular flexibility index (Phi) is 10.2. The number of carbonyl (C=O) groups is 4. The van der Waals surface area contributed by atoms with E-state index >= 15 is 0 Å². The largest absolute Gasteiger partial charge is 0.480 e. The van der Waals surface area contributed by atoms with Crippen LogP contribution in [-0.2, 0) is 25.6 Å². The van der Waals surface area contributed by atoms with E-state index in [1.165, 1.54) is 26.4 Å². The fourth-order valence-corrected chi connectivity index (χ4v) is 2.68. The average Bonchev–Trinajstić information content (AvgIpc) is 3.20. The number of H-pyrrole nitrogens is 1. The number of nitrogens with two attached hydrogens (primary N) is 1. The van der Waals surface area contributed by atoms with Crippen molar-refractivity contribution >= 4 is 23.7 Å². The van der Waals surface area contributed by atoms with Crippen LogP contribution in [0, 0.1) is 5.92 Å². The predicted octanol–water partition coefficient (Wildman–Crippen LogP) is -2.76. The summed E-state index contributed by atoms with van der Waals surface area (Å²) in [6.45, 7) is 5.89. The maximum absolute atomic E-state index is 12.7. The van der Waals surface area contributed by atoms with Gasteiger partial charge in [-0.15, -0.1) is 0 Å². The monoisotopic (exact) mass is 456 g/mol. The van der Waals surface area contributed by atoms with Gasteiger partial charge in [0.2, 0.25) is 17.7 Å². The van der Waals surface area contributed by atoms with E-state index in [1.807, 2.05) is 0 Å². The minimum Gasteiger partial charge on any atom is -0.480 e. The zero-order valence-corrected chi connectivity index (χ0v) is 18.4. The number of aromatic nitrogens is 2. The van der Waals surface area contributed by atoms with Crippen molar-refractivity contribution < 1.29 is 34.5 Å². The molecule has 1 aromatic rings. The summed E-state index contributed by atoms with van der Waals surface area (Å²) in [5.74, 6) is -4.16. The van der Waals surface area contributed by atoms with E-state index in [4.69, 9.17) is 5.73 Å². The van der Waals surface area contributed by atoms with E-state index in [1.54, 1.807) is 13.8 Å². The molecule has 0 saturated heterocycles. The number of hydrogen-bond acceptors (Lipinski definition) is 8. The maximum Gasteiger partial charge on any atom is 0.326 e. The van der Waals surface area contributed by atoms with Crippen LogP contribution in [0.2, 0.25) is 0 Å². The molecule has 1 rings (SSSR count). The van der Waals surface area contributed by atoms with Gasteiger partial charge in [-0.05, 0) is 19.8 Å². The summed E-state index contributed by atoms with van der Waals surface area (Å²) >= 11 is 0. The lowest BCUT2D eigenvalue weighted by Crippen LogP contribution is -2.62. The Morgan fingerprint density at radius 3 is 1.88 bits per heavy atom. The molecule has 13 heteroatoms. The van der Waals surface area contributed by atoms with Gasteiger partial charge in [0.05, 0.1) is 24.6 Å². The van der Waals surface area contributed by atoms with Gasteiger partial charge in [0.1, 0.15) is 18.1 Å². The van der Waals surface area contributed by atoms with Crippen LogP contribution in [0.1, 0.15) is 33.4 Å². The van der Waals surface area contributed by atoms with Crippen molar-refractivity contribution in [2.45, 2.75) is 70.5 Å². The topological polar surface area (TPSA) is 220 Å². The Morgan fingerprint density at radius 2 is 1.47 bits per heavy atom. The highest BCUT2D eigenvalue weighted by molar-refractivity contribution is 5.94. The highest BCUT2D eigenvalue weighted by Crippen LogP contribution is 2.04. The molecule has 6 atom stereocenters. The summed E-state index contributed by atoms with van der Waals surface area (Å²) in [5.41, 5.74) is 6.21. The van der Waals surface area contributed by atoms with Crippen LogP contribution in [0.4, 0.5) is 0 Å². The molecular formula is C19H32N6O7. The number of aromatic amines is 1. The van der Waals surface area contributed by atoms with Gasteiger partial charge in [-0.1, -0.05) is 13.8 Å². The molecule has 9 N–H and O–H groups in total. The quantitative estimate of drug-likeness (QED) is 0.163. The minimum atomic E-state index is -1.55. The summed E-state index contributed by atoms with van der Waals surface area (Å²) < 4.78 is 0. The van der Waals surface area contributed by atoms with E-state index in [0.717, 1.165) is 0 Å². The predicted molar refractivity (Wildman–Crippen MR) is 112 cm³/mol. The van der Waals surface area contributed by atoms with E-state index in [-0.39, 0.29) is 12.3 Å². The van der Waals surface area contributed by atoms with Crippen molar-refractivity contribution in [3.8, 4) is 0 Å². The van der Waals surface area contributed by atoms with Crippen molar-refractivity contribution in [3.05, 3.63) is 18.2 Å². The fourth-order valence-electron chi connectivity index (χ4n) is 2.68. The van der Waals surface area contributed by atoms with Crippen molar-refractivity contribution in [1.29, 1.82) is 0 Å². The number of carboxylic acids is 1. The molecule has 0 spiro atoms. The van der Waals surface area contributed by atoms with Gasteiger partial charge < -0.3 is 42.0 Å². The summed E-state index contributed by atoms with van der Waals surface area (Å²) in [6.07, 6.45) is -0.119. The zero-order valence-electron chi connectivity index (χ0n) is 18.4. The molecule has 13 nitrogen and oxygen atoms in total. The molecule has 0 aliphatic heterocycles.